The first-order valence-corrected chi connectivity index (χ1v) is 4.88. The molecule has 0 bridgehead atoms. The normalized spacial score (nSPS) is 11.2. The predicted molar refractivity (Wildman–Crippen MR) is 54.8 cm³/mol. The number of benzene rings is 1. The Morgan fingerprint density at radius 3 is 2.40 bits per heavy atom. The van der Waals surface area contributed by atoms with Crippen molar-refractivity contribution in [2.24, 2.45) is 0 Å². The summed E-state index contributed by atoms with van der Waals surface area (Å²) in [6.07, 6.45) is -4.46. The van der Waals surface area contributed by atoms with Gasteiger partial charge in [0.15, 0.2) is 0 Å². The number of halogens is 4. The van der Waals surface area contributed by atoms with Crippen molar-refractivity contribution in [1.82, 2.24) is 0 Å². The number of hydrogen-bond donors (Lipinski definition) is 1. The maximum absolute atomic E-state index is 12.4. The number of aliphatic hydroxyl groups excluding tert-OH is 1. The van der Waals surface area contributed by atoms with Gasteiger partial charge in [-0.2, -0.15) is 18.4 Å². The minimum absolute atomic E-state index is 0.00303. The molecule has 1 N–H and O–H groups in total. The molecule has 0 saturated heterocycles. The summed E-state index contributed by atoms with van der Waals surface area (Å²) in [6.45, 7) is -0.581. The molecule has 1 aromatic rings. The van der Waals surface area contributed by atoms with E-state index in [1.165, 1.54) is 0 Å². The SMILES string of the molecule is N#Cc1c(I)cc(C(F)(F)F)cc1CO. The highest BCUT2D eigenvalue weighted by Crippen LogP contribution is 2.32. The largest absolute Gasteiger partial charge is 0.416 e. The minimum Gasteiger partial charge on any atom is -0.392 e. The third-order valence-corrected chi connectivity index (χ3v) is 2.63. The standard InChI is InChI=1S/C9H5F3INO/c10-9(11,12)6-1-5(4-15)7(3-14)8(13)2-6/h1-2,15H,4H2. The number of nitrogens with zero attached hydrogens (tertiary/aromatic N) is 1. The third-order valence-electron chi connectivity index (χ3n) is 1.78. The van der Waals surface area contributed by atoms with Crippen molar-refractivity contribution in [3.05, 3.63) is 32.4 Å². The highest BCUT2D eigenvalue weighted by Gasteiger charge is 2.31. The predicted octanol–water partition coefficient (Wildman–Crippen LogP) is 2.67. The van der Waals surface area contributed by atoms with Gasteiger partial charge >= 0.3 is 6.18 Å². The van der Waals surface area contributed by atoms with E-state index in [1.807, 2.05) is 0 Å². The summed E-state index contributed by atoms with van der Waals surface area (Å²) in [7, 11) is 0. The first-order chi connectivity index (χ1) is 6.90. The summed E-state index contributed by atoms with van der Waals surface area (Å²) < 4.78 is 37.2. The molecule has 15 heavy (non-hydrogen) atoms. The molecular weight excluding hydrogens is 322 g/mol. The monoisotopic (exact) mass is 327 g/mol. The second kappa shape index (κ2) is 4.37. The third kappa shape index (κ3) is 2.60. The van der Waals surface area contributed by atoms with E-state index in [0.717, 1.165) is 12.1 Å². The van der Waals surface area contributed by atoms with Crippen LogP contribution < -0.4 is 0 Å². The lowest BCUT2D eigenvalue weighted by Crippen LogP contribution is -2.07. The molecule has 2 nitrogen and oxygen atoms in total. The van der Waals surface area contributed by atoms with Gasteiger partial charge in [0.25, 0.3) is 0 Å². The maximum Gasteiger partial charge on any atom is 0.416 e. The van der Waals surface area contributed by atoms with Crippen LogP contribution in [-0.2, 0) is 12.8 Å². The Kier molecular flexibility index (Phi) is 3.57. The van der Waals surface area contributed by atoms with Crippen LogP contribution in [0.15, 0.2) is 12.1 Å². The van der Waals surface area contributed by atoms with Crippen molar-refractivity contribution in [1.29, 1.82) is 5.26 Å². The van der Waals surface area contributed by atoms with Crippen molar-refractivity contribution in [3.63, 3.8) is 0 Å². The summed E-state index contributed by atoms with van der Waals surface area (Å²) in [5.74, 6) is 0. The van der Waals surface area contributed by atoms with Crippen LogP contribution in [0.25, 0.3) is 0 Å². The van der Waals surface area contributed by atoms with Gasteiger partial charge in [0, 0.05) is 3.57 Å². The molecule has 0 radical (unpaired) electrons. The van der Waals surface area contributed by atoms with Gasteiger partial charge in [0.1, 0.15) is 6.07 Å². The van der Waals surface area contributed by atoms with Gasteiger partial charge in [-0.15, -0.1) is 0 Å². The molecule has 6 heteroatoms. The fraction of sp³-hybridized carbons (Fsp3) is 0.222. The highest BCUT2D eigenvalue weighted by molar-refractivity contribution is 14.1. The van der Waals surface area contributed by atoms with Crippen LogP contribution in [0, 0.1) is 14.9 Å². The Morgan fingerprint density at radius 1 is 1.40 bits per heavy atom. The number of nitriles is 1. The van der Waals surface area contributed by atoms with Gasteiger partial charge in [-0.1, -0.05) is 0 Å². The van der Waals surface area contributed by atoms with E-state index in [4.69, 9.17) is 10.4 Å². The topological polar surface area (TPSA) is 44.0 Å². The van der Waals surface area contributed by atoms with Crippen LogP contribution >= 0.6 is 22.6 Å². The van der Waals surface area contributed by atoms with Gasteiger partial charge in [0.05, 0.1) is 17.7 Å². The molecule has 0 amide bonds. The lowest BCUT2D eigenvalue weighted by Gasteiger charge is -2.10. The Bertz CT molecular complexity index is 423. The minimum atomic E-state index is -4.46. The van der Waals surface area contributed by atoms with Crippen LogP contribution in [0.1, 0.15) is 16.7 Å². The van der Waals surface area contributed by atoms with Crippen molar-refractivity contribution in [2.45, 2.75) is 12.8 Å². The zero-order valence-electron chi connectivity index (χ0n) is 7.27. The smallest absolute Gasteiger partial charge is 0.392 e. The molecule has 0 atom stereocenters. The lowest BCUT2D eigenvalue weighted by atomic mass is 10.1. The van der Waals surface area contributed by atoms with Gasteiger partial charge < -0.3 is 5.11 Å². The van der Waals surface area contributed by atoms with E-state index < -0.39 is 18.3 Å². The van der Waals surface area contributed by atoms with Crippen molar-refractivity contribution < 1.29 is 18.3 Å². The summed E-state index contributed by atoms with van der Waals surface area (Å²) in [6, 6.07) is 3.44. The molecule has 0 aliphatic heterocycles. The Morgan fingerprint density at radius 2 is 2.00 bits per heavy atom. The molecule has 1 aromatic carbocycles. The summed E-state index contributed by atoms with van der Waals surface area (Å²) >= 11 is 1.64. The Hall–Kier alpha value is -0.810. The molecule has 0 aromatic heterocycles. The van der Waals surface area contributed by atoms with Crippen molar-refractivity contribution in [3.8, 4) is 6.07 Å². The molecule has 0 saturated carbocycles. The molecule has 0 spiro atoms. The molecule has 0 aliphatic rings. The number of aliphatic hydroxyl groups is 1. The maximum atomic E-state index is 12.4. The van der Waals surface area contributed by atoms with Gasteiger partial charge in [-0.05, 0) is 40.3 Å². The zero-order chi connectivity index (χ0) is 11.6. The fourth-order valence-corrected chi connectivity index (χ4v) is 1.88. The van der Waals surface area contributed by atoms with E-state index in [9.17, 15) is 13.2 Å². The van der Waals surface area contributed by atoms with E-state index in [0.29, 0.717) is 0 Å². The van der Waals surface area contributed by atoms with E-state index >= 15 is 0 Å². The Labute approximate surface area is 97.5 Å². The second-order valence-electron chi connectivity index (χ2n) is 2.76. The molecule has 1 rings (SSSR count). The van der Waals surface area contributed by atoms with Crippen molar-refractivity contribution >= 4 is 22.6 Å². The van der Waals surface area contributed by atoms with E-state index in [2.05, 4.69) is 0 Å². The first-order valence-electron chi connectivity index (χ1n) is 3.80. The quantitative estimate of drug-likeness (QED) is 0.806. The van der Waals surface area contributed by atoms with Crippen LogP contribution in [0.2, 0.25) is 0 Å². The lowest BCUT2D eigenvalue weighted by molar-refractivity contribution is -0.137. The fourth-order valence-electron chi connectivity index (χ4n) is 1.08. The molecule has 0 heterocycles. The molecule has 0 fully saturated rings. The van der Waals surface area contributed by atoms with Crippen LogP contribution in [0.5, 0.6) is 0 Å². The number of rotatable bonds is 1. The summed E-state index contributed by atoms with van der Waals surface area (Å²) in [4.78, 5) is 0. The Balaban J connectivity index is 3.40. The van der Waals surface area contributed by atoms with Gasteiger partial charge in [-0.25, -0.2) is 0 Å². The second-order valence-corrected chi connectivity index (χ2v) is 3.92. The number of hydrogen-bond acceptors (Lipinski definition) is 2. The number of alkyl halides is 3. The average molecular weight is 327 g/mol. The first kappa shape index (κ1) is 12.3. The highest BCUT2D eigenvalue weighted by atomic mass is 127. The van der Waals surface area contributed by atoms with Gasteiger partial charge in [-0.3, -0.25) is 0 Å². The van der Waals surface area contributed by atoms with Crippen LogP contribution in [-0.4, -0.2) is 5.11 Å². The summed E-state index contributed by atoms with van der Waals surface area (Å²) in [5.41, 5.74) is -0.766. The molecular formula is C9H5F3INO. The van der Waals surface area contributed by atoms with E-state index in [-0.39, 0.29) is 14.7 Å². The van der Waals surface area contributed by atoms with E-state index in [1.54, 1.807) is 28.7 Å². The zero-order valence-corrected chi connectivity index (χ0v) is 9.43. The summed E-state index contributed by atoms with van der Waals surface area (Å²) in [5, 5.41) is 17.5. The van der Waals surface area contributed by atoms with Crippen LogP contribution in [0.4, 0.5) is 13.2 Å². The van der Waals surface area contributed by atoms with Crippen molar-refractivity contribution in [2.75, 3.05) is 0 Å². The van der Waals surface area contributed by atoms with Crippen LogP contribution in [0.3, 0.4) is 0 Å². The molecule has 0 aliphatic carbocycles. The van der Waals surface area contributed by atoms with Gasteiger partial charge in [0.2, 0.25) is 0 Å². The average Bonchev–Trinajstić information content (AvgIpc) is 2.15. The molecule has 0 unspecified atom stereocenters. The molecule has 80 valence electrons.